The number of ketones is 1. The molecule has 28 heavy (non-hydrogen) atoms. The van der Waals surface area contributed by atoms with E-state index >= 15 is 0 Å². The Labute approximate surface area is 174 Å². The van der Waals surface area contributed by atoms with Crippen LogP contribution in [0.3, 0.4) is 0 Å². The molecule has 1 unspecified atom stereocenters. The summed E-state index contributed by atoms with van der Waals surface area (Å²) in [4.78, 5) is 31.8. The number of unbranched alkanes of at least 4 members (excludes halogenated alkanes) is 9. The van der Waals surface area contributed by atoms with E-state index < -0.39 is 0 Å². The lowest BCUT2D eigenvalue weighted by molar-refractivity contribution is -0.255. The number of rotatable bonds is 18. The minimum absolute atomic E-state index is 0.174. The number of carbonyl (C=O) groups excluding carboxylic acids is 2. The average Bonchev–Trinajstić information content (AvgIpc) is 2.62. The van der Waals surface area contributed by atoms with Gasteiger partial charge in [0, 0.05) is 18.3 Å². The Morgan fingerprint density at radius 1 is 0.714 bits per heavy atom. The molecule has 0 bridgehead atoms. The number of Topliss-reactive ketones (excluding diaryl/α,β-unsaturated/α-hetero) is 1. The van der Waals surface area contributed by atoms with Gasteiger partial charge in [-0.1, -0.05) is 98.3 Å². The maximum absolute atomic E-state index is 11.9. The number of carbonyl (C=O) groups is 2. The fourth-order valence-electron chi connectivity index (χ4n) is 3.43. The molecule has 0 aromatic heterocycles. The van der Waals surface area contributed by atoms with Crippen molar-refractivity contribution in [2.45, 2.75) is 124 Å². The van der Waals surface area contributed by atoms with Gasteiger partial charge in [-0.15, -0.1) is 0 Å². The summed E-state index contributed by atoms with van der Waals surface area (Å²) in [5, 5.41) is 0. The first-order valence-corrected chi connectivity index (χ1v) is 11.5. The summed E-state index contributed by atoms with van der Waals surface area (Å²) in [6.45, 7) is 8.42. The third kappa shape index (κ3) is 17.2. The van der Waals surface area contributed by atoms with Crippen LogP contribution in [0.2, 0.25) is 0 Å². The number of hydrogen-bond donors (Lipinski definition) is 0. The van der Waals surface area contributed by atoms with E-state index in [1.807, 2.05) is 20.8 Å². The van der Waals surface area contributed by atoms with Crippen molar-refractivity contribution < 1.29 is 19.4 Å². The first-order valence-electron chi connectivity index (χ1n) is 11.5. The quantitative estimate of drug-likeness (QED) is 0.139. The zero-order chi connectivity index (χ0) is 21.3. The summed E-state index contributed by atoms with van der Waals surface area (Å²) in [5.41, 5.74) is -0.174. The van der Waals surface area contributed by atoms with Gasteiger partial charge >= 0.3 is 5.97 Å². The third-order valence-electron chi connectivity index (χ3n) is 5.44. The summed E-state index contributed by atoms with van der Waals surface area (Å²) < 4.78 is 0. The molecule has 4 heteroatoms. The maximum atomic E-state index is 11.9. The largest absolute Gasteiger partial charge is 0.342 e. The molecule has 0 aliphatic rings. The van der Waals surface area contributed by atoms with Crippen LogP contribution in [0.5, 0.6) is 0 Å². The molecular weight excluding hydrogens is 352 g/mol. The zero-order valence-corrected chi connectivity index (χ0v) is 19.3. The van der Waals surface area contributed by atoms with Gasteiger partial charge in [0.15, 0.2) is 0 Å². The standard InChI is InChI=1S/C24H46O4/c1-21(18-14-11-12-15-19-22(25)24(2,3)4)17-13-9-7-6-8-10-16-20-23(26)28-27-5/h21H,6-20H2,1-5H3. The van der Waals surface area contributed by atoms with Gasteiger partial charge in [-0.25, -0.2) is 4.79 Å². The van der Waals surface area contributed by atoms with Gasteiger partial charge in [-0.3, -0.25) is 9.68 Å². The number of hydrogen-bond acceptors (Lipinski definition) is 4. The van der Waals surface area contributed by atoms with Gasteiger partial charge < -0.3 is 0 Å². The second-order valence-corrected chi connectivity index (χ2v) is 9.37. The molecule has 0 spiro atoms. The fraction of sp³-hybridized carbons (Fsp3) is 0.917. The van der Waals surface area contributed by atoms with E-state index in [4.69, 9.17) is 0 Å². The van der Waals surface area contributed by atoms with Gasteiger partial charge in [-0.05, 0) is 18.8 Å². The van der Waals surface area contributed by atoms with Crippen molar-refractivity contribution in [2.75, 3.05) is 7.11 Å². The minimum atomic E-state index is -0.269. The van der Waals surface area contributed by atoms with Crippen molar-refractivity contribution in [2.24, 2.45) is 11.3 Å². The van der Waals surface area contributed by atoms with Crippen molar-refractivity contribution in [1.29, 1.82) is 0 Å². The Morgan fingerprint density at radius 3 is 1.61 bits per heavy atom. The summed E-state index contributed by atoms with van der Waals surface area (Å²) in [6, 6.07) is 0. The summed E-state index contributed by atoms with van der Waals surface area (Å²) in [5.74, 6) is 0.951. The third-order valence-corrected chi connectivity index (χ3v) is 5.44. The molecule has 0 aliphatic heterocycles. The lowest BCUT2D eigenvalue weighted by atomic mass is 9.87. The second-order valence-electron chi connectivity index (χ2n) is 9.37. The predicted octanol–water partition coefficient (Wildman–Crippen LogP) is 7.19. The predicted molar refractivity (Wildman–Crippen MR) is 116 cm³/mol. The summed E-state index contributed by atoms with van der Waals surface area (Å²) >= 11 is 0. The van der Waals surface area contributed by atoms with Gasteiger partial charge in [0.25, 0.3) is 0 Å². The molecule has 0 aromatic rings. The topological polar surface area (TPSA) is 52.6 Å². The molecule has 0 aromatic carbocycles. The zero-order valence-electron chi connectivity index (χ0n) is 19.3. The molecule has 0 heterocycles. The molecule has 4 nitrogen and oxygen atoms in total. The van der Waals surface area contributed by atoms with E-state index in [0.29, 0.717) is 12.2 Å². The van der Waals surface area contributed by atoms with E-state index in [1.165, 1.54) is 71.3 Å². The van der Waals surface area contributed by atoms with Gasteiger partial charge in [0.2, 0.25) is 0 Å². The highest BCUT2D eigenvalue weighted by molar-refractivity contribution is 5.83. The average molecular weight is 399 g/mol. The normalized spacial score (nSPS) is 12.8. The van der Waals surface area contributed by atoms with Gasteiger partial charge in [0.1, 0.15) is 5.78 Å². The molecule has 166 valence electrons. The summed E-state index contributed by atoms with van der Waals surface area (Å²) in [7, 11) is 1.36. The van der Waals surface area contributed by atoms with Crippen LogP contribution in [0.4, 0.5) is 0 Å². The molecule has 0 radical (unpaired) electrons. The fourth-order valence-corrected chi connectivity index (χ4v) is 3.43. The van der Waals surface area contributed by atoms with E-state index in [-0.39, 0.29) is 11.4 Å². The van der Waals surface area contributed by atoms with Crippen LogP contribution in [0.25, 0.3) is 0 Å². The van der Waals surface area contributed by atoms with Crippen LogP contribution in [-0.2, 0) is 19.4 Å². The van der Waals surface area contributed by atoms with Crippen LogP contribution in [0.1, 0.15) is 124 Å². The Hall–Kier alpha value is -0.900. The summed E-state index contributed by atoms with van der Waals surface area (Å²) in [6.07, 6.45) is 17.1. The maximum Gasteiger partial charge on any atom is 0.342 e. The highest BCUT2D eigenvalue weighted by Gasteiger charge is 2.19. The van der Waals surface area contributed by atoms with E-state index in [1.54, 1.807) is 0 Å². The van der Waals surface area contributed by atoms with Crippen molar-refractivity contribution in [3.8, 4) is 0 Å². The van der Waals surface area contributed by atoms with Crippen LogP contribution in [0.15, 0.2) is 0 Å². The van der Waals surface area contributed by atoms with Gasteiger partial charge in [0.05, 0.1) is 7.11 Å². The highest BCUT2D eigenvalue weighted by Crippen LogP contribution is 2.21. The van der Waals surface area contributed by atoms with Crippen molar-refractivity contribution in [3.05, 3.63) is 0 Å². The first-order chi connectivity index (χ1) is 13.3. The Morgan fingerprint density at radius 2 is 1.14 bits per heavy atom. The molecule has 0 saturated carbocycles. The molecule has 0 aliphatic carbocycles. The van der Waals surface area contributed by atoms with Gasteiger partial charge in [-0.2, -0.15) is 4.89 Å². The van der Waals surface area contributed by atoms with Crippen molar-refractivity contribution in [1.82, 2.24) is 0 Å². The molecule has 0 amide bonds. The van der Waals surface area contributed by atoms with E-state index in [9.17, 15) is 9.59 Å². The smallest absolute Gasteiger partial charge is 0.299 e. The molecule has 0 rings (SSSR count). The van der Waals surface area contributed by atoms with Crippen molar-refractivity contribution >= 4 is 11.8 Å². The lowest BCUT2D eigenvalue weighted by Gasteiger charge is -2.16. The van der Waals surface area contributed by atoms with Crippen LogP contribution >= 0.6 is 0 Å². The second kappa shape index (κ2) is 17.0. The lowest BCUT2D eigenvalue weighted by Crippen LogP contribution is -2.19. The van der Waals surface area contributed by atoms with E-state index in [0.717, 1.165) is 31.6 Å². The molecule has 0 fully saturated rings. The first kappa shape index (κ1) is 27.1. The minimum Gasteiger partial charge on any atom is -0.299 e. The highest BCUT2D eigenvalue weighted by atomic mass is 17.2. The monoisotopic (exact) mass is 398 g/mol. The van der Waals surface area contributed by atoms with Crippen LogP contribution < -0.4 is 0 Å². The Kier molecular flexibility index (Phi) is 16.5. The molecule has 1 atom stereocenters. The van der Waals surface area contributed by atoms with Crippen LogP contribution in [-0.4, -0.2) is 18.9 Å². The molecule has 0 saturated heterocycles. The Bertz CT molecular complexity index is 398. The molecular formula is C24H46O4. The van der Waals surface area contributed by atoms with Crippen molar-refractivity contribution in [3.63, 3.8) is 0 Å². The SMILES string of the molecule is COOC(=O)CCCCCCCCCC(C)CCCCCCC(=O)C(C)(C)C. The van der Waals surface area contributed by atoms with E-state index in [2.05, 4.69) is 16.7 Å². The van der Waals surface area contributed by atoms with Crippen LogP contribution in [0, 0.1) is 11.3 Å². The molecule has 0 N–H and O–H groups in total. The Balaban J connectivity index is 3.35.